The number of nitrogens with one attached hydrogen (secondary N) is 3. The summed E-state index contributed by atoms with van der Waals surface area (Å²) in [6.45, 7) is 1.85. The van der Waals surface area contributed by atoms with Crippen LogP contribution in [0.2, 0.25) is 0 Å². The number of carboxylic acids is 1. The zero-order chi connectivity index (χ0) is 15.2. The monoisotopic (exact) mass is 294 g/mol. The molecule has 1 saturated carbocycles. The Labute approximate surface area is 123 Å². The number of H-pyrrole nitrogens is 1. The number of aliphatic carboxylic acids is 1. The van der Waals surface area contributed by atoms with Crippen LogP contribution >= 0.6 is 0 Å². The van der Waals surface area contributed by atoms with Crippen LogP contribution in [-0.4, -0.2) is 33.3 Å². The van der Waals surface area contributed by atoms with Gasteiger partial charge in [-0.05, 0) is 19.8 Å². The fourth-order valence-electron chi connectivity index (χ4n) is 2.76. The quantitative estimate of drug-likeness (QED) is 0.635. The van der Waals surface area contributed by atoms with E-state index in [0.29, 0.717) is 12.8 Å². The summed E-state index contributed by atoms with van der Waals surface area (Å²) in [4.78, 5) is 23.4. The average molecular weight is 294 g/mol. The van der Waals surface area contributed by atoms with Gasteiger partial charge in [0.15, 0.2) is 0 Å². The molecule has 0 spiro atoms. The van der Waals surface area contributed by atoms with Crippen molar-refractivity contribution >= 4 is 12.0 Å². The number of rotatable bonds is 4. The molecule has 1 fully saturated rings. The minimum Gasteiger partial charge on any atom is -0.481 e. The van der Waals surface area contributed by atoms with Crippen molar-refractivity contribution in [3.8, 4) is 0 Å². The van der Waals surface area contributed by atoms with Gasteiger partial charge in [0.1, 0.15) is 0 Å². The van der Waals surface area contributed by atoms with Gasteiger partial charge in [-0.25, -0.2) is 4.79 Å². The molecule has 1 aromatic rings. The Balaban J connectivity index is 1.91. The predicted molar refractivity (Wildman–Crippen MR) is 76.7 cm³/mol. The lowest BCUT2D eigenvalue weighted by molar-refractivity contribution is -0.142. The maximum absolute atomic E-state index is 12.1. The summed E-state index contributed by atoms with van der Waals surface area (Å²) in [6.07, 6.45) is 7.58. The van der Waals surface area contributed by atoms with Crippen molar-refractivity contribution in [1.29, 1.82) is 0 Å². The maximum Gasteiger partial charge on any atom is 0.315 e. The number of carboxylic acid groups (broad SMARTS) is 1. The van der Waals surface area contributed by atoms with E-state index in [1.165, 1.54) is 0 Å². The molecule has 21 heavy (non-hydrogen) atoms. The summed E-state index contributed by atoms with van der Waals surface area (Å²) < 4.78 is 0. The van der Waals surface area contributed by atoms with Gasteiger partial charge in [0.2, 0.25) is 0 Å². The number of urea groups is 1. The number of hydrogen-bond acceptors (Lipinski definition) is 3. The molecule has 0 bridgehead atoms. The number of amides is 2. The fourth-order valence-corrected chi connectivity index (χ4v) is 2.76. The molecule has 4 N–H and O–H groups in total. The molecule has 0 radical (unpaired) electrons. The molecule has 0 aromatic carbocycles. The van der Waals surface area contributed by atoms with Crippen molar-refractivity contribution in [1.82, 2.24) is 20.8 Å². The van der Waals surface area contributed by atoms with Gasteiger partial charge < -0.3 is 15.7 Å². The largest absolute Gasteiger partial charge is 0.481 e. The molecule has 2 rings (SSSR count). The molecule has 0 aliphatic heterocycles. The minimum absolute atomic E-state index is 0.183. The van der Waals surface area contributed by atoms with E-state index < -0.39 is 11.9 Å². The summed E-state index contributed by atoms with van der Waals surface area (Å²) >= 11 is 0. The van der Waals surface area contributed by atoms with Crippen LogP contribution in [0, 0.1) is 5.92 Å². The highest BCUT2D eigenvalue weighted by atomic mass is 16.4. The van der Waals surface area contributed by atoms with Crippen LogP contribution in [0.25, 0.3) is 0 Å². The number of aromatic amines is 1. The van der Waals surface area contributed by atoms with Gasteiger partial charge in [0, 0.05) is 17.8 Å². The summed E-state index contributed by atoms with van der Waals surface area (Å²) in [5, 5.41) is 21.5. The van der Waals surface area contributed by atoms with Gasteiger partial charge in [0.05, 0.1) is 18.2 Å². The van der Waals surface area contributed by atoms with Gasteiger partial charge in [-0.3, -0.25) is 9.89 Å². The van der Waals surface area contributed by atoms with Crippen LogP contribution in [-0.2, 0) is 4.79 Å². The lowest BCUT2D eigenvalue weighted by Crippen LogP contribution is -2.47. The second-order valence-electron chi connectivity index (χ2n) is 5.56. The van der Waals surface area contributed by atoms with Crippen LogP contribution in [0.15, 0.2) is 12.4 Å². The molecule has 116 valence electrons. The van der Waals surface area contributed by atoms with Crippen molar-refractivity contribution in [3.63, 3.8) is 0 Å². The van der Waals surface area contributed by atoms with E-state index in [9.17, 15) is 14.7 Å². The molecule has 3 atom stereocenters. The van der Waals surface area contributed by atoms with Crippen LogP contribution in [0.5, 0.6) is 0 Å². The summed E-state index contributed by atoms with van der Waals surface area (Å²) in [7, 11) is 0. The van der Waals surface area contributed by atoms with E-state index in [2.05, 4.69) is 20.8 Å². The highest BCUT2D eigenvalue weighted by Gasteiger charge is 2.30. The van der Waals surface area contributed by atoms with E-state index in [1.807, 2.05) is 6.92 Å². The normalized spacial score (nSPS) is 23.9. The van der Waals surface area contributed by atoms with Gasteiger partial charge >= 0.3 is 12.0 Å². The highest BCUT2D eigenvalue weighted by Crippen LogP contribution is 2.24. The minimum atomic E-state index is -0.829. The Hall–Kier alpha value is -2.05. The van der Waals surface area contributed by atoms with Crippen LogP contribution in [0.4, 0.5) is 4.79 Å². The smallest absolute Gasteiger partial charge is 0.315 e. The van der Waals surface area contributed by atoms with Crippen molar-refractivity contribution in [2.75, 3.05) is 0 Å². The van der Waals surface area contributed by atoms with Crippen molar-refractivity contribution in [2.45, 2.75) is 51.1 Å². The summed E-state index contributed by atoms with van der Waals surface area (Å²) in [5.41, 5.74) is 0.876. The Morgan fingerprint density at radius 1 is 1.38 bits per heavy atom. The lowest BCUT2D eigenvalue weighted by atomic mass is 9.95. The van der Waals surface area contributed by atoms with Crippen molar-refractivity contribution < 1.29 is 14.7 Å². The second kappa shape index (κ2) is 7.10. The van der Waals surface area contributed by atoms with Gasteiger partial charge in [-0.2, -0.15) is 5.10 Å². The molecular formula is C14H22N4O3. The third-order valence-electron chi connectivity index (χ3n) is 4.02. The number of carbonyl (C=O) groups is 2. The molecule has 1 heterocycles. The molecule has 1 aromatic heterocycles. The molecule has 0 saturated heterocycles. The zero-order valence-corrected chi connectivity index (χ0v) is 12.1. The number of carbonyl (C=O) groups excluding carboxylic acids is 1. The predicted octanol–water partition coefficient (Wildman–Crippen LogP) is 1.80. The maximum atomic E-state index is 12.1. The molecule has 7 heteroatoms. The Morgan fingerprint density at radius 2 is 2.14 bits per heavy atom. The Morgan fingerprint density at radius 3 is 2.81 bits per heavy atom. The Bertz CT molecular complexity index is 475. The first-order valence-corrected chi connectivity index (χ1v) is 7.36. The van der Waals surface area contributed by atoms with Crippen LogP contribution in [0.1, 0.15) is 50.6 Å². The molecule has 1 aliphatic rings. The van der Waals surface area contributed by atoms with Crippen LogP contribution in [0.3, 0.4) is 0 Å². The first-order chi connectivity index (χ1) is 10.1. The molecule has 3 unspecified atom stereocenters. The van der Waals surface area contributed by atoms with E-state index in [0.717, 1.165) is 24.8 Å². The standard InChI is InChI=1S/C14H22N4O3/c1-9(10-7-15-16-8-10)17-14(21)18-12-6-4-2-3-5-11(12)13(19)20/h7-9,11-12H,2-6H2,1H3,(H,15,16)(H,19,20)(H2,17,18,21). The average Bonchev–Trinajstić information content (AvgIpc) is 2.86. The molecular weight excluding hydrogens is 272 g/mol. The lowest BCUT2D eigenvalue weighted by Gasteiger charge is -2.24. The first kappa shape index (κ1) is 15.3. The summed E-state index contributed by atoms with van der Waals surface area (Å²) in [5.74, 6) is -1.33. The van der Waals surface area contributed by atoms with Crippen LogP contribution < -0.4 is 10.6 Å². The van der Waals surface area contributed by atoms with Gasteiger partial charge in [-0.1, -0.05) is 19.3 Å². The molecule has 2 amide bonds. The van der Waals surface area contributed by atoms with E-state index >= 15 is 0 Å². The van der Waals surface area contributed by atoms with E-state index in [-0.39, 0.29) is 18.1 Å². The third kappa shape index (κ3) is 4.21. The first-order valence-electron chi connectivity index (χ1n) is 7.36. The van der Waals surface area contributed by atoms with Crippen molar-refractivity contribution in [3.05, 3.63) is 18.0 Å². The topological polar surface area (TPSA) is 107 Å². The van der Waals surface area contributed by atoms with Gasteiger partial charge in [0.25, 0.3) is 0 Å². The fraction of sp³-hybridized carbons (Fsp3) is 0.643. The second-order valence-corrected chi connectivity index (χ2v) is 5.56. The van der Waals surface area contributed by atoms with Crippen molar-refractivity contribution in [2.24, 2.45) is 5.92 Å². The number of hydrogen-bond donors (Lipinski definition) is 4. The zero-order valence-electron chi connectivity index (χ0n) is 12.1. The molecule has 1 aliphatic carbocycles. The SMILES string of the molecule is CC(NC(=O)NC1CCCCCC1C(=O)O)c1cn[nH]c1. The molecule has 7 nitrogen and oxygen atoms in total. The highest BCUT2D eigenvalue weighted by molar-refractivity contribution is 5.77. The number of aromatic nitrogens is 2. The van der Waals surface area contributed by atoms with E-state index in [4.69, 9.17) is 0 Å². The van der Waals surface area contributed by atoms with E-state index in [1.54, 1.807) is 12.4 Å². The summed E-state index contributed by atoms with van der Waals surface area (Å²) in [6, 6.07) is -0.818. The third-order valence-corrected chi connectivity index (χ3v) is 4.02. The van der Waals surface area contributed by atoms with Gasteiger partial charge in [-0.15, -0.1) is 0 Å². The number of nitrogens with zero attached hydrogens (tertiary/aromatic N) is 1. The Kier molecular flexibility index (Phi) is 5.19.